The summed E-state index contributed by atoms with van der Waals surface area (Å²) in [5, 5.41) is 0.674. The van der Waals surface area contributed by atoms with Crippen LogP contribution in [0.3, 0.4) is 0 Å². The molecule has 20 heavy (non-hydrogen) atoms. The number of rotatable bonds is 3. The van der Waals surface area contributed by atoms with Crippen molar-refractivity contribution in [1.29, 1.82) is 0 Å². The van der Waals surface area contributed by atoms with Gasteiger partial charge in [-0.2, -0.15) is 12.1 Å². The van der Waals surface area contributed by atoms with Gasteiger partial charge in [0.25, 0.3) is 0 Å². The molecule has 3 rings (SSSR count). The lowest BCUT2D eigenvalue weighted by Gasteiger charge is -2.16. The Morgan fingerprint density at radius 3 is 2.60 bits per heavy atom. The van der Waals surface area contributed by atoms with E-state index in [-0.39, 0.29) is 6.10 Å². The van der Waals surface area contributed by atoms with Crippen LogP contribution in [-0.4, -0.2) is 7.11 Å². The first-order chi connectivity index (χ1) is 9.65. The van der Waals surface area contributed by atoms with Gasteiger partial charge in [0.05, 0.1) is 5.31 Å². The molecule has 3 nitrogen and oxygen atoms in total. The molecule has 0 aromatic heterocycles. The molecule has 1 heterocycles. The largest absolute Gasteiger partial charge is 0.363 e. The molecule has 5 heteroatoms. The van der Waals surface area contributed by atoms with Crippen LogP contribution in [-0.2, 0) is 13.6 Å². The first-order valence-electron chi connectivity index (χ1n) is 6.17. The van der Waals surface area contributed by atoms with E-state index in [0.717, 1.165) is 14.7 Å². The summed E-state index contributed by atoms with van der Waals surface area (Å²) in [6.07, 6.45) is -0.313. The van der Waals surface area contributed by atoms with E-state index in [9.17, 15) is 4.57 Å². The molecule has 2 unspecified atom stereocenters. The predicted octanol–water partition coefficient (Wildman–Crippen LogP) is 5.12. The van der Waals surface area contributed by atoms with Gasteiger partial charge in [-0.3, -0.25) is 9.09 Å². The summed E-state index contributed by atoms with van der Waals surface area (Å²) >= 11 is 2.21. The van der Waals surface area contributed by atoms with Crippen molar-refractivity contribution in [2.45, 2.75) is 6.10 Å². The van der Waals surface area contributed by atoms with Gasteiger partial charge in [0, 0.05) is 10.7 Å². The first-order valence-corrected chi connectivity index (χ1v) is 8.79. The minimum absolute atomic E-state index is 0.313. The molecule has 1 aliphatic heterocycles. The summed E-state index contributed by atoms with van der Waals surface area (Å²) in [7, 11) is -1.83. The van der Waals surface area contributed by atoms with E-state index < -0.39 is 7.60 Å². The van der Waals surface area contributed by atoms with Crippen molar-refractivity contribution >= 4 is 35.5 Å². The fourth-order valence-electron chi connectivity index (χ4n) is 2.29. The average molecular weight is 399 g/mol. The Bertz CT molecular complexity index is 676. The number of hydrogen-bond donors (Lipinski definition) is 0. The molecule has 0 saturated heterocycles. The molecule has 0 fully saturated rings. The quantitative estimate of drug-likeness (QED) is 0.408. The second kappa shape index (κ2) is 5.53. The van der Waals surface area contributed by atoms with Crippen LogP contribution in [0.4, 0.5) is 0 Å². The molecule has 0 aliphatic carbocycles. The minimum Gasteiger partial charge on any atom is -0.309 e. The van der Waals surface area contributed by atoms with Gasteiger partial charge < -0.3 is 4.52 Å². The van der Waals surface area contributed by atoms with Crippen LogP contribution >= 0.6 is 30.2 Å². The van der Waals surface area contributed by atoms with E-state index in [2.05, 4.69) is 22.6 Å². The monoisotopic (exact) mass is 399 g/mol. The summed E-state index contributed by atoms with van der Waals surface area (Å²) in [6.45, 7) is 0. The molecule has 2 aromatic carbocycles. The lowest BCUT2D eigenvalue weighted by molar-refractivity contribution is 0.214. The van der Waals surface area contributed by atoms with Gasteiger partial charge in [0.15, 0.2) is 0 Å². The maximum atomic E-state index is 12.9. The van der Waals surface area contributed by atoms with Gasteiger partial charge in [0.1, 0.15) is 6.10 Å². The van der Waals surface area contributed by atoms with Crippen LogP contribution < -0.4 is 0 Å². The molecule has 0 amide bonds. The van der Waals surface area contributed by atoms with Gasteiger partial charge in [-0.1, -0.05) is 30.3 Å². The molecule has 104 valence electrons. The molecule has 0 saturated carbocycles. The second-order valence-electron chi connectivity index (χ2n) is 4.45. The van der Waals surface area contributed by atoms with Crippen molar-refractivity contribution < 1.29 is 13.6 Å². The summed E-state index contributed by atoms with van der Waals surface area (Å²) in [6, 6.07) is 17.5. The molecule has 2 atom stereocenters. The van der Waals surface area contributed by atoms with Gasteiger partial charge in [-0.15, -0.1) is 5.56 Å². The van der Waals surface area contributed by atoms with Crippen molar-refractivity contribution in [2.75, 3.05) is 7.11 Å². The zero-order chi connectivity index (χ0) is 14.2. The Balaban J connectivity index is 2.14. The van der Waals surface area contributed by atoms with Gasteiger partial charge in [-0.25, -0.2) is 12.1 Å². The zero-order valence-corrected chi connectivity index (χ0v) is 13.9. The van der Waals surface area contributed by atoms with Crippen LogP contribution in [0.15, 0.2) is 58.2 Å². The Labute approximate surface area is 131 Å². The standard InChI is InChI=1S/C15H13IO3P/c1-18-20(17)15(12-9-3-2-4-10-12)13(16)14(19-20)11-7-5-6-8-11/h2-10,14H,1H3/q-1. The zero-order valence-electron chi connectivity index (χ0n) is 10.8. The fraction of sp³-hybridized carbons (Fsp3) is 0.133. The smallest absolute Gasteiger partial charge is 0.309 e. The fourth-order valence-corrected chi connectivity index (χ4v) is 5.90. The normalized spacial score (nSPS) is 26.2. The van der Waals surface area contributed by atoms with Gasteiger partial charge >= 0.3 is 7.60 Å². The van der Waals surface area contributed by atoms with E-state index in [0.29, 0.717) is 5.31 Å². The van der Waals surface area contributed by atoms with Crippen molar-refractivity contribution in [3.8, 4) is 0 Å². The van der Waals surface area contributed by atoms with Gasteiger partial charge in [-0.05, 0) is 28.2 Å². The van der Waals surface area contributed by atoms with E-state index in [4.69, 9.17) is 9.05 Å². The van der Waals surface area contributed by atoms with Crippen LogP contribution in [0, 0.1) is 0 Å². The van der Waals surface area contributed by atoms with Crippen molar-refractivity contribution in [3.63, 3.8) is 0 Å². The lowest BCUT2D eigenvalue weighted by Crippen LogP contribution is -1.95. The second-order valence-corrected chi connectivity index (χ2v) is 7.63. The highest BCUT2D eigenvalue weighted by molar-refractivity contribution is 14.1. The van der Waals surface area contributed by atoms with Crippen LogP contribution in [0.1, 0.15) is 17.2 Å². The van der Waals surface area contributed by atoms with E-state index >= 15 is 0 Å². The number of halogens is 1. The predicted molar refractivity (Wildman–Crippen MR) is 87.9 cm³/mol. The minimum atomic E-state index is -3.26. The Hall–Kier alpha value is -0.810. The highest BCUT2D eigenvalue weighted by Gasteiger charge is 2.43. The summed E-state index contributed by atoms with van der Waals surface area (Å²) in [5.41, 5.74) is 1.88. The SMILES string of the molecule is COP1(=O)OC(c2ccc[cH-]2)C(I)=C1c1ccccc1. The van der Waals surface area contributed by atoms with Crippen LogP contribution in [0.5, 0.6) is 0 Å². The third-order valence-electron chi connectivity index (χ3n) is 3.25. The Kier molecular flexibility index (Phi) is 3.91. The van der Waals surface area contributed by atoms with Crippen molar-refractivity contribution in [1.82, 2.24) is 0 Å². The topological polar surface area (TPSA) is 35.5 Å². The van der Waals surface area contributed by atoms with E-state index in [1.807, 2.05) is 54.6 Å². The van der Waals surface area contributed by atoms with E-state index in [1.165, 1.54) is 7.11 Å². The average Bonchev–Trinajstić information content (AvgIpc) is 3.07. The summed E-state index contributed by atoms with van der Waals surface area (Å²) in [5.74, 6) is 0. The Morgan fingerprint density at radius 2 is 2.00 bits per heavy atom. The third kappa shape index (κ3) is 2.31. The van der Waals surface area contributed by atoms with Gasteiger partial charge in [0.2, 0.25) is 0 Å². The molecule has 0 N–H and O–H groups in total. The molecule has 1 aliphatic rings. The highest BCUT2D eigenvalue weighted by Crippen LogP contribution is 2.71. The molecule has 0 radical (unpaired) electrons. The molecular formula is C15H13IO3P-. The lowest BCUT2D eigenvalue weighted by atomic mass is 10.1. The summed E-state index contributed by atoms with van der Waals surface area (Å²) < 4.78 is 24.9. The molecule has 0 bridgehead atoms. The summed E-state index contributed by atoms with van der Waals surface area (Å²) in [4.78, 5) is 0. The highest BCUT2D eigenvalue weighted by atomic mass is 127. The number of hydrogen-bond acceptors (Lipinski definition) is 3. The van der Waals surface area contributed by atoms with Crippen LogP contribution in [0.2, 0.25) is 0 Å². The molecule has 0 spiro atoms. The Morgan fingerprint density at radius 1 is 1.25 bits per heavy atom. The van der Waals surface area contributed by atoms with Crippen LogP contribution in [0.25, 0.3) is 5.31 Å². The molecule has 2 aromatic rings. The van der Waals surface area contributed by atoms with E-state index in [1.54, 1.807) is 0 Å². The maximum Gasteiger partial charge on any atom is 0.363 e. The third-order valence-corrected chi connectivity index (χ3v) is 6.80. The molecular weight excluding hydrogens is 386 g/mol. The van der Waals surface area contributed by atoms with Crippen molar-refractivity contribution in [2.24, 2.45) is 0 Å². The van der Waals surface area contributed by atoms with Crippen molar-refractivity contribution in [3.05, 3.63) is 69.3 Å². The maximum absolute atomic E-state index is 12.9. The first kappa shape index (κ1) is 14.1. The number of benzene rings is 1.